The van der Waals surface area contributed by atoms with Gasteiger partial charge in [0.05, 0.1) is 11.9 Å². The highest BCUT2D eigenvalue weighted by Crippen LogP contribution is 2.33. The molecule has 23 heavy (non-hydrogen) atoms. The van der Waals surface area contributed by atoms with Gasteiger partial charge in [-0.2, -0.15) is 0 Å². The first kappa shape index (κ1) is 14.5. The van der Waals surface area contributed by atoms with Gasteiger partial charge in [-0.1, -0.05) is 0 Å². The van der Waals surface area contributed by atoms with Crippen LogP contribution in [-0.4, -0.2) is 44.5 Å². The summed E-state index contributed by atoms with van der Waals surface area (Å²) in [5.74, 6) is 2.76. The van der Waals surface area contributed by atoms with E-state index in [9.17, 15) is 0 Å². The first-order valence-electron chi connectivity index (χ1n) is 8.45. The summed E-state index contributed by atoms with van der Waals surface area (Å²) in [5.41, 5.74) is 1.08. The standard InChI is InChI=1S/C17H22N6/c1-6-19-17(20-7-1)22-16-11-18-10-15(21-16)14-4-8-23(9-5-14)12-13-2-3-13/h1,6-7,10-11,13-14H,2-5,8-9,12H2,(H,19,20,21,22). The van der Waals surface area contributed by atoms with Gasteiger partial charge in [-0.15, -0.1) is 0 Å². The van der Waals surface area contributed by atoms with E-state index < -0.39 is 0 Å². The van der Waals surface area contributed by atoms with Crippen LogP contribution in [0.3, 0.4) is 0 Å². The number of piperidine rings is 1. The summed E-state index contributed by atoms with van der Waals surface area (Å²) >= 11 is 0. The first-order chi connectivity index (χ1) is 11.4. The van der Waals surface area contributed by atoms with Crippen LogP contribution < -0.4 is 5.32 Å². The molecule has 0 amide bonds. The molecule has 4 rings (SSSR count). The fourth-order valence-electron chi connectivity index (χ4n) is 3.19. The molecule has 6 heteroatoms. The minimum Gasteiger partial charge on any atom is -0.307 e. The van der Waals surface area contributed by atoms with Crippen LogP contribution in [0.25, 0.3) is 0 Å². The smallest absolute Gasteiger partial charge is 0.228 e. The van der Waals surface area contributed by atoms with Gasteiger partial charge in [-0.3, -0.25) is 4.98 Å². The minimum absolute atomic E-state index is 0.511. The summed E-state index contributed by atoms with van der Waals surface area (Å²) in [7, 11) is 0. The van der Waals surface area contributed by atoms with Gasteiger partial charge in [0.2, 0.25) is 5.95 Å². The molecule has 0 radical (unpaired) electrons. The van der Waals surface area contributed by atoms with Gasteiger partial charge < -0.3 is 10.2 Å². The van der Waals surface area contributed by atoms with Crippen molar-refractivity contribution in [3.8, 4) is 0 Å². The van der Waals surface area contributed by atoms with Crippen molar-refractivity contribution in [3.05, 3.63) is 36.5 Å². The number of hydrogen-bond acceptors (Lipinski definition) is 6. The normalized spacial score (nSPS) is 19.7. The molecule has 2 aliphatic rings. The lowest BCUT2D eigenvalue weighted by Gasteiger charge is -2.31. The Morgan fingerprint density at radius 1 is 1.04 bits per heavy atom. The second-order valence-corrected chi connectivity index (χ2v) is 6.54. The SMILES string of the molecule is c1cnc(Nc2cncc(C3CCN(CC4CC4)CC3)n2)nc1. The van der Waals surface area contributed by atoms with Crippen molar-refractivity contribution in [1.29, 1.82) is 0 Å². The van der Waals surface area contributed by atoms with Crippen LogP contribution in [-0.2, 0) is 0 Å². The fraction of sp³-hybridized carbons (Fsp3) is 0.529. The Hall–Kier alpha value is -2.08. The van der Waals surface area contributed by atoms with Gasteiger partial charge in [0.15, 0.2) is 5.82 Å². The van der Waals surface area contributed by atoms with E-state index in [0.29, 0.717) is 17.7 Å². The molecule has 2 aromatic heterocycles. The quantitative estimate of drug-likeness (QED) is 0.915. The highest BCUT2D eigenvalue weighted by atomic mass is 15.1. The average molecular weight is 310 g/mol. The maximum Gasteiger partial charge on any atom is 0.228 e. The lowest BCUT2D eigenvalue weighted by atomic mass is 9.93. The van der Waals surface area contributed by atoms with E-state index in [1.54, 1.807) is 24.7 Å². The van der Waals surface area contributed by atoms with E-state index in [2.05, 4.69) is 25.2 Å². The zero-order chi connectivity index (χ0) is 15.5. The Balaban J connectivity index is 1.38. The third-order valence-corrected chi connectivity index (χ3v) is 4.68. The molecule has 3 heterocycles. The lowest BCUT2D eigenvalue weighted by molar-refractivity contribution is 0.203. The van der Waals surface area contributed by atoms with Crippen LogP contribution in [0.2, 0.25) is 0 Å². The van der Waals surface area contributed by atoms with E-state index in [1.807, 2.05) is 6.20 Å². The third-order valence-electron chi connectivity index (χ3n) is 4.68. The number of nitrogens with zero attached hydrogens (tertiary/aromatic N) is 5. The minimum atomic E-state index is 0.511. The summed E-state index contributed by atoms with van der Waals surface area (Å²) in [5, 5.41) is 3.12. The predicted molar refractivity (Wildman–Crippen MR) is 88.5 cm³/mol. The Kier molecular flexibility index (Phi) is 4.15. The average Bonchev–Trinajstić information content (AvgIpc) is 3.41. The molecule has 1 saturated heterocycles. The first-order valence-corrected chi connectivity index (χ1v) is 8.45. The summed E-state index contributed by atoms with van der Waals surface area (Å²) in [4.78, 5) is 20.0. The van der Waals surface area contributed by atoms with Crippen molar-refractivity contribution < 1.29 is 0 Å². The molecule has 1 saturated carbocycles. The zero-order valence-corrected chi connectivity index (χ0v) is 13.2. The highest BCUT2D eigenvalue weighted by Gasteiger charge is 2.28. The van der Waals surface area contributed by atoms with E-state index >= 15 is 0 Å². The van der Waals surface area contributed by atoms with Crippen molar-refractivity contribution in [3.63, 3.8) is 0 Å². The van der Waals surface area contributed by atoms with Gasteiger partial charge in [0.1, 0.15) is 0 Å². The highest BCUT2D eigenvalue weighted by molar-refractivity contribution is 5.45. The van der Waals surface area contributed by atoms with Crippen molar-refractivity contribution in [1.82, 2.24) is 24.8 Å². The van der Waals surface area contributed by atoms with Crippen LogP contribution in [0.15, 0.2) is 30.9 Å². The Bertz CT molecular complexity index is 635. The zero-order valence-electron chi connectivity index (χ0n) is 13.2. The summed E-state index contributed by atoms with van der Waals surface area (Å²) in [6.45, 7) is 3.66. The number of likely N-dealkylation sites (tertiary alicyclic amines) is 1. The summed E-state index contributed by atoms with van der Waals surface area (Å²) in [6.07, 6.45) is 12.3. The number of anilines is 2. The van der Waals surface area contributed by atoms with E-state index in [0.717, 1.165) is 11.6 Å². The molecule has 6 nitrogen and oxygen atoms in total. The van der Waals surface area contributed by atoms with Crippen LogP contribution in [0.5, 0.6) is 0 Å². The van der Waals surface area contributed by atoms with Crippen LogP contribution in [0.4, 0.5) is 11.8 Å². The molecule has 120 valence electrons. The molecular weight excluding hydrogens is 288 g/mol. The second-order valence-electron chi connectivity index (χ2n) is 6.54. The van der Waals surface area contributed by atoms with Crippen LogP contribution in [0, 0.1) is 5.92 Å². The molecule has 1 aliphatic carbocycles. The van der Waals surface area contributed by atoms with Crippen molar-refractivity contribution in [2.75, 3.05) is 25.0 Å². The summed E-state index contributed by atoms with van der Waals surface area (Å²) in [6, 6.07) is 1.79. The topological polar surface area (TPSA) is 66.8 Å². The second kappa shape index (κ2) is 6.58. The molecule has 0 unspecified atom stereocenters. The van der Waals surface area contributed by atoms with Gasteiger partial charge in [-0.05, 0) is 50.8 Å². The maximum atomic E-state index is 4.72. The molecule has 1 aliphatic heterocycles. The molecule has 0 aromatic carbocycles. The van der Waals surface area contributed by atoms with Crippen LogP contribution >= 0.6 is 0 Å². The Labute approximate surface area is 136 Å². The van der Waals surface area contributed by atoms with Crippen molar-refractivity contribution in [2.24, 2.45) is 5.92 Å². The number of nitrogens with one attached hydrogen (secondary N) is 1. The monoisotopic (exact) mass is 310 g/mol. The number of aromatic nitrogens is 4. The van der Waals surface area contributed by atoms with Crippen molar-refractivity contribution >= 4 is 11.8 Å². The van der Waals surface area contributed by atoms with E-state index in [1.165, 1.54) is 45.3 Å². The van der Waals surface area contributed by atoms with E-state index in [-0.39, 0.29) is 0 Å². The van der Waals surface area contributed by atoms with E-state index in [4.69, 9.17) is 4.98 Å². The van der Waals surface area contributed by atoms with Gasteiger partial charge in [-0.25, -0.2) is 15.0 Å². The molecule has 0 spiro atoms. The fourth-order valence-corrected chi connectivity index (χ4v) is 3.19. The Morgan fingerprint density at radius 3 is 2.57 bits per heavy atom. The van der Waals surface area contributed by atoms with Crippen LogP contribution in [0.1, 0.15) is 37.3 Å². The third kappa shape index (κ3) is 3.82. The number of rotatable bonds is 5. The molecule has 0 atom stereocenters. The maximum absolute atomic E-state index is 4.72. The van der Waals surface area contributed by atoms with Gasteiger partial charge in [0.25, 0.3) is 0 Å². The lowest BCUT2D eigenvalue weighted by Crippen LogP contribution is -2.34. The summed E-state index contributed by atoms with van der Waals surface area (Å²) < 4.78 is 0. The number of hydrogen-bond donors (Lipinski definition) is 1. The predicted octanol–water partition coefficient (Wildman–Crippen LogP) is 2.60. The van der Waals surface area contributed by atoms with Gasteiger partial charge >= 0.3 is 0 Å². The molecule has 0 bridgehead atoms. The molecule has 1 N–H and O–H groups in total. The molecule has 2 fully saturated rings. The largest absolute Gasteiger partial charge is 0.307 e. The molecular formula is C17H22N6. The van der Waals surface area contributed by atoms with Gasteiger partial charge in [0, 0.05) is 31.1 Å². The molecule has 2 aromatic rings. The Morgan fingerprint density at radius 2 is 1.83 bits per heavy atom. The van der Waals surface area contributed by atoms with Crippen molar-refractivity contribution in [2.45, 2.75) is 31.6 Å².